The Bertz CT molecular complexity index is 669. The van der Waals surface area contributed by atoms with Gasteiger partial charge in [-0.15, -0.1) is 0 Å². The maximum atomic E-state index is 13.2. The zero-order valence-corrected chi connectivity index (χ0v) is 14.7. The quantitative estimate of drug-likeness (QED) is 0.501. The van der Waals surface area contributed by atoms with Crippen LogP contribution in [-0.2, 0) is 17.5 Å². The molecule has 0 saturated carbocycles. The van der Waals surface area contributed by atoms with E-state index in [4.69, 9.17) is 4.74 Å². The number of halogens is 4. The lowest BCUT2D eigenvalue weighted by Crippen LogP contribution is -2.41. The van der Waals surface area contributed by atoms with Gasteiger partial charge in [0, 0.05) is 31.7 Å². The van der Waals surface area contributed by atoms with Crippen LogP contribution < -0.4 is 5.32 Å². The number of likely N-dealkylation sites (tertiary alicyclic amines) is 1. The van der Waals surface area contributed by atoms with Crippen molar-refractivity contribution in [3.63, 3.8) is 0 Å². The Hall–Kier alpha value is -1.83. The lowest BCUT2D eigenvalue weighted by atomic mass is 9.87. The molecule has 1 aromatic carbocycles. The van der Waals surface area contributed by atoms with E-state index in [1.165, 1.54) is 0 Å². The molecule has 3 rings (SSSR count). The Balaban J connectivity index is 1.78. The van der Waals surface area contributed by atoms with Gasteiger partial charge in [-0.2, -0.15) is 13.2 Å². The number of aliphatic imine (C=N–C) groups is 1. The van der Waals surface area contributed by atoms with E-state index in [0.29, 0.717) is 18.6 Å². The summed E-state index contributed by atoms with van der Waals surface area (Å²) in [4.78, 5) is 6.47. The highest BCUT2D eigenvalue weighted by molar-refractivity contribution is 5.80. The monoisotopic (exact) mass is 373 g/mol. The number of ether oxygens (including phenoxy) is 1. The number of nitrogens with zero attached hydrogens (tertiary/aromatic N) is 2. The summed E-state index contributed by atoms with van der Waals surface area (Å²) in [6.45, 7) is 5.44. The Morgan fingerprint density at radius 2 is 2.15 bits per heavy atom. The molecule has 1 N–H and O–H groups in total. The van der Waals surface area contributed by atoms with Crippen molar-refractivity contribution in [1.82, 2.24) is 10.2 Å². The third kappa shape index (κ3) is 4.11. The van der Waals surface area contributed by atoms with Crippen molar-refractivity contribution in [2.75, 3.05) is 32.8 Å². The fourth-order valence-electron chi connectivity index (χ4n) is 3.62. The summed E-state index contributed by atoms with van der Waals surface area (Å²) in [5.74, 6) is -0.312. The molecule has 0 aromatic heterocycles. The summed E-state index contributed by atoms with van der Waals surface area (Å²) < 4.78 is 58.2. The second-order valence-corrected chi connectivity index (χ2v) is 6.94. The first-order valence-corrected chi connectivity index (χ1v) is 8.80. The first-order chi connectivity index (χ1) is 12.3. The van der Waals surface area contributed by atoms with Gasteiger partial charge in [-0.05, 0) is 37.5 Å². The smallest absolute Gasteiger partial charge is 0.381 e. The molecule has 0 radical (unpaired) electrons. The van der Waals surface area contributed by atoms with E-state index in [0.717, 1.165) is 51.3 Å². The fourth-order valence-corrected chi connectivity index (χ4v) is 3.62. The molecule has 4 nitrogen and oxygen atoms in total. The minimum atomic E-state index is -4.61. The molecule has 1 atom stereocenters. The van der Waals surface area contributed by atoms with Crippen molar-refractivity contribution < 1.29 is 22.3 Å². The van der Waals surface area contributed by atoms with Gasteiger partial charge in [0.25, 0.3) is 0 Å². The van der Waals surface area contributed by atoms with Crippen molar-refractivity contribution in [3.05, 3.63) is 35.1 Å². The number of alkyl halides is 3. The zero-order chi connectivity index (χ0) is 18.8. The van der Waals surface area contributed by atoms with E-state index in [1.54, 1.807) is 0 Å². The van der Waals surface area contributed by atoms with Crippen LogP contribution in [0.25, 0.3) is 0 Å². The Kier molecular flexibility index (Phi) is 5.41. The molecule has 0 aliphatic carbocycles. The molecule has 2 aliphatic heterocycles. The molecule has 0 bridgehead atoms. The summed E-state index contributed by atoms with van der Waals surface area (Å²) in [6.07, 6.45) is -2.62. The molecule has 1 unspecified atom stereocenters. The molecule has 2 aliphatic rings. The standard InChI is InChI=1S/C18H23F4N3O/c1-2-23-16(25-7-5-17(11-25)6-8-26-12-17)24-10-13-3-4-14(19)9-15(13)18(20,21)22/h3-4,9H,2,5-8,10-12H2,1H3,(H,23,24). The minimum absolute atomic E-state index is 0.0348. The topological polar surface area (TPSA) is 36.9 Å². The lowest BCUT2D eigenvalue weighted by Gasteiger charge is -2.25. The molecule has 1 aromatic rings. The van der Waals surface area contributed by atoms with E-state index in [1.807, 2.05) is 6.92 Å². The Labute approximate surface area is 150 Å². The maximum absolute atomic E-state index is 13.2. The average molecular weight is 373 g/mol. The first kappa shape index (κ1) is 18.9. The second kappa shape index (κ2) is 7.42. The van der Waals surface area contributed by atoms with Gasteiger partial charge < -0.3 is 15.0 Å². The average Bonchev–Trinajstić information content (AvgIpc) is 3.22. The van der Waals surface area contributed by atoms with Crippen LogP contribution in [-0.4, -0.2) is 43.7 Å². The summed E-state index contributed by atoms with van der Waals surface area (Å²) in [5, 5.41) is 3.15. The van der Waals surface area contributed by atoms with E-state index in [-0.39, 0.29) is 17.5 Å². The lowest BCUT2D eigenvalue weighted by molar-refractivity contribution is -0.138. The van der Waals surface area contributed by atoms with Crippen LogP contribution in [0.15, 0.2) is 23.2 Å². The Morgan fingerprint density at radius 3 is 2.81 bits per heavy atom. The third-order valence-corrected chi connectivity index (χ3v) is 5.03. The molecule has 2 fully saturated rings. The minimum Gasteiger partial charge on any atom is -0.381 e. The van der Waals surface area contributed by atoms with Crippen LogP contribution in [0.2, 0.25) is 0 Å². The van der Waals surface area contributed by atoms with Crippen molar-refractivity contribution in [2.24, 2.45) is 10.4 Å². The van der Waals surface area contributed by atoms with Crippen LogP contribution in [0, 0.1) is 11.2 Å². The van der Waals surface area contributed by atoms with Gasteiger partial charge in [0.15, 0.2) is 5.96 Å². The maximum Gasteiger partial charge on any atom is 0.416 e. The van der Waals surface area contributed by atoms with Crippen LogP contribution in [0.3, 0.4) is 0 Å². The van der Waals surface area contributed by atoms with Gasteiger partial charge >= 0.3 is 6.18 Å². The van der Waals surface area contributed by atoms with Crippen LogP contribution in [0.1, 0.15) is 30.9 Å². The van der Waals surface area contributed by atoms with Gasteiger partial charge in [0.2, 0.25) is 0 Å². The fraction of sp³-hybridized carbons (Fsp3) is 0.611. The Morgan fingerprint density at radius 1 is 1.35 bits per heavy atom. The number of guanidine groups is 1. The normalized spacial score (nSPS) is 23.9. The van der Waals surface area contributed by atoms with Crippen LogP contribution >= 0.6 is 0 Å². The molecule has 2 saturated heterocycles. The third-order valence-electron chi connectivity index (χ3n) is 5.03. The highest BCUT2D eigenvalue weighted by atomic mass is 19.4. The SMILES string of the molecule is CCNC(=NCc1ccc(F)cc1C(F)(F)F)N1CCC2(CCOC2)C1. The zero-order valence-electron chi connectivity index (χ0n) is 14.7. The van der Waals surface area contributed by atoms with Gasteiger partial charge in [-0.1, -0.05) is 6.07 Å². The van der Waals surface area contributed by atoms with E-state index in [9.17, 15) is 17.6 Å². The molecular weight excluding hydrogens is 350 g/mol. The number of benzene rings is 1. The molecular formula is C18H23F4N3O. The van der Waals surface area contributed by atoms with Gasteiger partial charge in [0.05, 0.1) is 18.7 Å². The van der Waals surface area contributed by atoms with Crippen molar-refractivity contribution in [2.45, 2.75) is 32.5 Å². The predicted octanol–water partition coefficient (Wildman–Crippen LogP) is 3.42. The van der Waals surface area contributed by atoms with Crippen molar-refractivity contribution in [3.8, 4) is 0 Å². The first-order valence-electron chi connectivity index (χ1n) is 8.80. The molecule has 8 heteroatoms. The van der Waals surface area contributed by atoms with Gasteiger partial charge in [-0.25, -0.2) is 9.38 Å². The predicted molar refractivity (Wildman–Crippen MR) is 90.3 cm³/mol. The number of hydrogen-bond acceptors (Lipinski definition) is 2. The van der Waals surface area contributed by atoms with E-state index < -0.39 is 17.6 Å². The summed E-state index contributed by atoms with van der Waals surface area (Å²) in [6, 6.07) is 2.72. The summed E-state index contributed by atoms with van der Waals surface area (Å²) in [7, 11) is 0. The van der Waals surface area contributed by atoms with Crippen molar-refractivity contribution in [1.29, 1.82) is 0 Å². The molecule has 1 spiro atoms. The molecule has 2 heterocycles. The number of nitrogens with one attached hydrogen (secondary N) is 1. The number of rotatable bonds is 3. The van der Waals surface area contributed by atoms with E-state index >= 15 is 0 Å². The molecule has 0 amide bonds. The summed E-state index contributed by atoms with van der Waals surface area (Å²) in [5.41, 5.74) is -0.880. The van der Waals surface area contributed by atoms with Crippen molar-refractivity contribution >= 4 is 5.96 Å². The van der Waals surface area contributed by atoms with Gasteiger partial charge in [0.1, 0.15) is 5.82 Å². The largest absolute Gasteiger partial charge is 0.416 e. The second-order valence-electron chi connectivity index (χ2n) is 6.94. The molecule has 26 heavy (non-hydrogen) atoms. The van der Waals surface area contributed by atoms with Gasteiger partial charge in [-0.3, -0.25) is 0 Å². The van der Waals surface area contributed by atoms with Crippen LogP contribution in [0.5, 0.6) is 0 Å². The number of hydrogen-bond donors (Lipinski definition) is 1. The highest BCUT2D eigenvalue weighted by Gasteiger charge is 2.42. The summed E-state index contributed by atoms with van der Waals surface area (Å²) >= 11 is 0. The van der Waals surface area contributed by atoms with E-state index in [2.05, 4.69) is 15.2 Å². The van der Waals surface area contributed by atoms with Crippen LogP contribution in [0.4, 0.5) is 17.6 Å². The molecule has 144 valence electrons. The highest BCUT2D eigenvalue weighted by Crippen LogP contribution is 2.38.